The molecule has 16 heteroatoms. The zero-order chi connectivity index (χ0) is 33.2. The number of phenolic OH excluding ortho intramolecular Hbond substituents is 3. The Kier molecular flexibility index (Phi) is 8.34. The van der Waals surface area contributed by atoms with Crippen LogP contribution in [0.5, 0.6) is 23.0 Å². The highest BCUT2D eigenvalue weighted by Gasteiger charge is 2.47. The van der Waals surface area contributed by atoms with Crippen molar-refractivity contribution in [2.75, 3.05) is 6.61 Å². The summed E-state index contributed by atoms with van der Waals surface area (Å²) >= 11 is 0. The molecule has 4 aromatic rings. The van der Waals surface area contributed by atoms with Gasteiger partial charge in [-0.3, -0.25) is 4.79 Å². The van der Waals surface area contributed by atoms with Gasteiger partial charge in [0.2, 0.25) is 6.29 Å². The highest BCUT2D eigenvalue weighted by atomic mass is 16.7. The Hall–Kier alpha value is -3.97. The second-order valence-corrected chi connectivity index (χ2v) is 11.4. The van der Waals surface area contributed by atoms with Crippen molar-refractivity contribution in [2.45, 2.75) is 75.3 Å². The average molecular weight is 650 g/mol. The number of aliphatic hydroxyl groups excluding tert-OH is 6. The van der Waals surface area contributed by atoms with Gasteiger partial charge < -0.3 is 73.7 Å². The Balaban J connectivity index is 1.40. The third-order valence-corrected chi connectivity index (χ3v) is 8.07. The van der Waals surface area contributed by atoms with Crippen LogP contribution in [0.4, 0.5) is 0 Å². The molecule has 4 heterocycles. The topological polar surface area (TPSA) is 267 Å². The van der Waals surface area contributed by atoms with Gasteiger partial charge in [0.25, 0.3) is 0 Å². The maximum absolute atomic E-state index is 10.9. The van der Waals surface area contributed by atoms with Crippen molar-refractivity contribution >= 4 is 21.9 Å². The van der Waals surface area contributed by atoms with E-state index in [9.17, 15) is 50.8 Å². The molecule has 10 atom stereocenters. The maximum Gasteiger partial charge on any atom is 0.347 e. The fraction of sp³-hybridized carbons (Fsp3) is 0.433. The van der Waals surface area contributed by atoms with Crippen LogP contribution in [0, 0.1) is 6.92 Å². The van der Waals surface area contributed by atoms with Crippen LogP contribution in [0.3, 0.4) is 0 Å². The fourth-order valence-electron chi connectivity index (χ4n) is 5.59. The average Bonchev–Trinajstić information content (AvgIpc) is 3.00. The van der Waals surface area contributed by atoms with Crippen molar-refractivity contribution in [1.29, 1.82) is 0 Å². The fourth-order valence-corrected chi connectivity index (χ4v) is 5.59. The van der Waals surface area contributed by atoms with Gasteiger partial charge in [0.15, 0.2) is 35.0 Å². The second kappa shape index (κ2) is 12.0. The summed E-state index contributed by atoms with van der Waals surface area (Å²) < 4.78 is 34.7. The van der Waals surface area contributed by atoms with Crippen molar-refractivity contribution in [2.24, 2.45) is 0 Å². The minimum absolute atomic E-state index is 0.0209. The predicted octanol–water partition coefficient (Wildman–Crippen LogP) is -0.694. The summed E-state index contributed by atoms with van der Waals surface area (Å²) in [5, 5.41) is 93.7. The van der Waals surface area contributed by atoms with Crippen LogP contribution < -0.4 is 10.2 Å². The van der Waals surface area contributed by atoms with E-state index >= 15 is 0 Å². The first kappa shape index (κ1) is 32.0. The number of aryl methyl sites for hydroxylation is 1. The number of hydrogen-bond acceptors (Lipinski definition) is 15. The smallest absolute Gasteiger partial charge is 0.347 e. The molecule has 2 aliphatic rings. The zero-order valence-electron chi connectivity index (χ0n) is 24.3. The van der Waals surface area contributed by atoms with E-state index in [0.29, 0.717) is 11.1 Å². The van der Waals surface area contributed by atoms with Crippen LogP contribution in [0.15, 0.2) is 39.2 Å². The van der Waals surface area contributed by atoms with Crippen molar-refractivity contribution in [3.63, 3.8) is 0 Å². The van der Waals surface area contributed by atoms with Crippen molar-refractivity contribution in [3.05, 3.63) is 41.5 Å². The van der Waals surface area contributed by atoms with E-state index in [1.807, 2.05) is 0 Å². The zero-order valence-corrected chi connectivity index (χ0v) is 24.3. The van der Waals surface area contributed by atoms with E-state index in [1.54, 1.807) is 13.0 Å². The van der Waals surface area contributed by atoms with E-state index in [1.165, 1.54) is 19.1 Å². The Morgan fingerprint density at radius 1 is 0.739 bits per heavy atom. The number of phenols is 3. The van der Waals surface area contributed by atoms with Crippen molar-refractivity contribution < 1.29 is 78.5 Å². The molecule has 2 aromatic carbocycles. The maximum atomic E-state index is 10.9. The molecule has 16 nitrogen and oxygen atoms in total. The number of hydrogen-bond donors (Lipinski definition) is 9. The summed E-state index contributed by atoms with van der Waals surface area (Å²) in [7, 11) is 0. The third-order valence-electron chi connectivity index (χ3n) is 8.07. The van der Waals surface area contributed by atoms with Gasteiger partial charge in [0.05, 0.1) is 30.2 Å². The molecule has 0 bridgehead atoms. The Labute approximate surface area is 258 Å². The quantitative estimate of drug-likeness (QED) is 0.0924. The molecule has 0 aliphatic carbocycles. The predicted molar refractivity (Wildman–Crippen MR) is 152 cm³/mol. The normalized spacial score (nSPS) is 31.8. The van der Waals surface area contributed by atoms with Gasteiger partial charge in [-0.15, -0.1) is 0 Å². The molecule has 0 saturated carbocycles. The molecule has 0 unspecified atom stereocenters. The first-order valence-electron chi connectivity index (χ1n) is 14.2. The minimum atomic E-state index is -1.86. The summed E-state index contributed by atoms with van der Waals surface area (Å²) in [5.41, 5.74) is 0.0355. The van der Waals surface area contributed by atoms with Gasteiger partial charge in [-0.05, 0) is 32.0 Å². The lowest BCUT2D eigenvalue weighted by molar-refractivity contribution is -0.318. The molecule has 10 N–H and O–H groups in total. The lowest BCUT2D eigenvalue weighted by Gasteiger charge is -2.42. The number of aliphatic hydroxyl groups is 6. The van der Waals surface area contributed by atoms with Crippen molar-refractivity contribution in [3.8, 4) is 34.3 Å². The minimum Gasteiger partial charge on any atom is -0.504 e. The number of ether oxygens (including phenoxy) is 4. The number of rotatable bonds is 6. The molecule has 2 aliphatic heterocycles. The Bertz CT molecular complexity index is 1790. The highest BCUT2D eigenvalue weighted by molar-refractivity contribution is 6.09. The number of benzene rings is 2. The summed E-state index contributed by atoms with van der Waals surface area (Å²) in [5.74, 6) is -2.21. The SMILES string of the molecule is Cc1cc2c(O[C@@H]3O[C@H](CO[C@@H]4O[C@@H](C)[C@H](O)[C@@H](O)[C@H]4O)[C@@H](O)[C@H](O)[C@H]3O)c(-c3cc(O)c(O)c(O)c3)oc3cc(=[OH+])cc(o1)c32. The standard InChI is InChI=1S/C30H32O16/c1-9-3-13-19-16(42-9)6-12(31)7-17(19)44-27(11-4-14(32)21(35)15(33)5-11)28(13)46-30-26(40)24(38)22(36)18(45-30)8-41-29-25(39)23(37)20(34)10(2)43-29/h3-7,10,18,20,22-26,29-30,32-40H,8H2,1-2H3/p+1/t10-,18+,20-,22+,23+,24-,25+,26+,29+,30-/m0/s1. The Morgan fingerprint density at radius 3 is 2.02 bits per heavy atom. The van der Waals surface area contributed by atoms with Crippen LogP contribution in [-0.4, -0.2) is 119 Å². The summed E-state index contributed by atoms with van der Waals surface area (Å²) in [6, 6.07) is 6.29. The molecule has 0 radical (unpaired) electrons. The lowest BCUT2D eigenvalue weighted by atomic mass is 9.98. The van der Waals surface area contributed by atoms with Gasteiger partial charge in [-0.2, -0.15) is 0 Å². The molecule has 0 amide bonds. The van der Waals surface area contributed by atoms with Gasteiger partial charge in [-0.25, -0.2) is 0 Å². The van der Waals surface area contributed by atoms with E-state index in [0.717, 1.165) is 12.1 Å². The summed E-state index contributed by atoms with van der Waals surface area (Å²) in [6.45, 7) is 2.52. The molecule has 0 spiro atoms. The van der Waals surface area contributed by atoms with E-state index < -0.39 is 85.3 Å². The second-order valence-electron chi connectivity index (χ2n) is 11.4. The van der Waals surface area contributed by atoms with Crippen LogP contribution in [0.1, 0.15) is 12.7 Å². The van der Waals surface area contributed by atoms with Gasteiger partial charge in [-0.1, -0.05) is 0 Å². The molecule has 2 aromatic heterocycles. The molecule has 6 rings (SSSR count). The first-order chi connectivity index (χ1) is 21.7. The summed E-state index contributed by atoms with van der Waals surface area (Å²) in [4.78, 5) is 10.3. The highest BCUT2D eigenvalue weighted by Crippen LogP contribution is 2.46. The van der Waals surface area contributed by atoms with E-state index in [4.69, 9.17) is 27.8 Å². The van der Waals surface area contributed by atoms with Crippen LogP contribution in [-0.2, 0) is 14.2 Å². The van der Waals surface area contributed by atoms with Gasteiger partial charge >= 0.3 is 5.43 Å². The lowest BCUT2D eigenvalue weighted by Crippen LogP contribution is -2.61. The van der Waals surface area contributed by atoms with Crippen LogP contribution in [0.25, 0.3) is 33.3 Å². The monoisotopic (exact) mass is 649 g/mol. The van der Waals surface area contributed by atoms with Crippen LogP contribution in [0.2, 0.25) is 0 Å². The number of aromatic hydroxyl groups is 3. The molecule has 46 heavy (non-hydrogen) atoms. The van der Waals surface area contributed by atoms with E-state index in [-0.39, 0.29) is 39.1 Å². The summed E-state index contributed by atoms with van der Waals surface area (Å²) in [6.07, 6.45) is -15.5. The van der Waals surface area contributed by atoms with E-state index in [2.05, 4.69) is 0 Å². The van der Waals surface area contributed by atoms with Gasteiger partial charge in [0.1, 0.15) is 59.7 Å². The molecule has 2 fully saturated rings. The molecule has 2 saturated heterocycles. The molecule has 248 valence electrons. The Morgan fingerprint density at radius 2 is 1.35 bits per heavy atom. The first-order valence-corrected chi connectivity index (χ1v) is 14.2. The van der Waals surface area contributed by atoms with Crippen LogP contribution >= 0.6 is 0 Å². The molecular formula is C30H33O16+. The molecular weight excluding hydrogens is 616 g/mol. The van der Waals surface area contributed by atoms with Gasteiger partial charge in [0, 0.05) is 10.9 Å². The van der Waals surface area contributed by atoms with Crippen molar-refractivity contribution in [1.82, 2.24) is 0 Å². The largest absolute Gasteiger partial charge is 0.504 e. The third kappa shape index (κ3) is 5.53.